The summed E-state index contributed by atoms with van der Waals surface area (Å²) in [7, 11) is -2.83. The van der Waals surface area contributed by atoms with Crippen molar-refractivity contribution < 1.29 is 30.8 Å². The average molecular weight is 427 g/mol. The zero-order chi connectivity index (χ0) is 21.1. The van der Waals surface area contributed by atoms with Crippen molar-refractivity contribution in [3.63, 3.8) is 0 Å². The third kappa shape index (κ3) is 4.57. The first-order chi connectivity index (χ1) is 13.8. The number of carbonyl (C=O) groups is 1. The smallest absolute Gasteiger partial charge is 0.231 e. The molecule has 29 heavy (non-hydrogen) atoms. The second-order valence-corrected chi connectivity index (χ2v) is 6.85. The van der Waals surface area contributed by atoms with Crippen molar-refractivity contribution in [2.75, 3.05) is 6.54 Å². The molecule has 0 radical (unpaired) electrons. The second-order valence-electron chi connectivity index (χ2n) is 6.01. The third-order valence-corrected chi connectivity index (χ3v) is 4.58. The first-order valence-electron chi connectivity index (χ1n) is 8.29. The quantitative estimate of drug-likeness (QED) is 0.199. The summed E-state index contributed by atoms with van der Waals surface area (Å²) >= 11 is 0. The first kappa shape index (κ1) is 20.8. The first-order valence-corrected chi connectivity index (χ1v) is 9.47. The summed E-state index contributed by atoms with van der Waals surface area (Å²) in [4.78, 5) is 20.0. The molecule has 6 nitrogen and oxygen atoms in total. The molecule has 0 aliphatic carbocycles. The number of hydrogen-bond acceptors (Lipinski definition) is 5. The lowest BCUT2D eigenvalue weighted by Crippen LogP contribution is -2.15. The molecule has 0 unspecified atom stereocenters. The molecule has 3 rings (SSSR count). The van der Waals surface area contributed by atoms with Crippen LogP contribution < -0.4 is 4.72 Å². The number of fused-ring (bicyclic) bond motifs is 1. The monoisotopic (exact) mass is 427 g/mol. The zero-order valence-corrected chi connectivity index (χ0v) is 15.5. The van der Waals surface area contributed by atoms with E-state index >= 15 is 0 Å². The van der Waals surface area contributed by atoms with Gasteiger partial charge in [0, 0.05) is 12.1 Å². The van der Waals surface area contributed by atoms with Crippen LogP contribution in [0.15, 0.2) is 30.5 Å². The Balaban J connectivity index is 1.97. The van der Waals surface area contributed by atoms with Gasteiger partial charge >= 0.3 is 0 Å². The van der Waals surface area contributed by atoms with Gasteiger partial charge in [0.25, 0.3) is 0 Å². The Bertz CT molecular complexity index is 1180. The largest absolute Gasteiger partial charge is 0.288 e. The molecule has 0 atom stereocenters. The van der Waals surface area contributed by atoms with Gasteiger partial charge in [-0.3, -0.25) is 4.79 Å². The van der Waals surface area contributed by atoms with Crippen LogP contribution in [0.25, 0.3) is 11.0 Å². The zero-order valence-electron chi connectivity index (χ0n) is 14.6. The molecule has 0 amide bonds. The SMILES string of the molecule is O=C(c1ccc2ncc(F)nc2c1)c1c(F)c(F)cc(CCCN[SH](=O)=O)c1F. The maximum Gasteiger partial charge on any atom is 0.231 e. The van der Waals surface area contributed by atoms with E-state index in [1.54, 1.807) is 0 Å². The number of thiol groups is 1. The lowest BCUT2D eigenvalue weighted by molar-refractivity contribution is 0.102. The van der Waals surface area contributed by atoms with Crippen molar-refractivity contribution in [3.05, 3.63) is 70.6 Å². The molecule has 1 heterocycles. The summed E-state index contributed by atoms with van der Waals surface area (Å²) in [5.41, 5.74) is -1.34. The molecule has 3 aromatic rings. The standard InChI is InChI=1S/C18H13F4N3O3S/c19-11-6-9(2-1-5-24-29(27)28)16(21)15(17(11)22)18(26)10-3-4-12-13(7-10)25-14(20)8-23-12/h3-4,6-8,29H,1-2,5H2,(H,24,27,28). The van der Waals surface area contributed by atoms with Crippen LogP contribution in [-0.4, -0.2) is 30.7 Å². The van der Waals surface area contributed by atoms with E-state index < -0.39 is 45.6 Å². The highest BCUT2D eigenvalue weighted by molar-refractivity contribution is 7.70. The van der Waals surface area contributed by atoms with Crippen LogP contribution in [-0.2, 0) is 17.3 Å². The van der Waals surface area contributed by atoms with Gasteiger partial charge in [-0.2, -0.15) is 4.39 Å². The van der Waals surface area contributed by atoms with Gasteiger partial charge in [-0.05, 0) is 42.7 Å². The van der Waals surface area contributed by atoms with Crippen LogP contribution in [0.4, 0.5) is 17.6 Å². The predicted octanol–water partition coefficient (Wildman–Crippen LogP) is 2.47. The highest BCUT2D eigenvalue weighted by Crippen LogP contribution is 2.25. The van der Waals surface area contributed by atoms with Crippen LogP contribution >= 0.6 is 0 Å². The summed E-state index contributed by atoms with van der Waals surface area (Å²) < 4.78 is 79.2. The van der Waals surface area contributed by atoms with E-state index in [-0.39, 0.29) is 41.5 Å². The molecule has 0 saturated heterocycles. The number of ketones is 1. The van der Waals surface area contributed by atoms with Crippen molar-refractivity contribution >= 4 is 27.7 Å². The van der Waals surface area contributed by atoms with Crippen LogP contribution in [0.2, 0.25) is 0 Å². The minimum Gasteiger partial charge on any atom is -0.288 e. The fourth-order valence-corrected chi connectivity index (χ4v) is 3.10. The molecule has 0 spiro atoms. The van der Waals surface area contributed by atoms with Gasteiger partial charge in [0.2, 0.25) is 16.8 Å². The van der Waals surface area contributed by atoms with Crippen LogP contribution in [0, 0.1) is 23.4 Å². The van der Waals surface area contributed by atoms with Crippen LogP contribution in [0.3, 0.4) is 0 Å². The van der Waals surface area contributed by atoms with E-state index in [2.05, 4.69) is 14.7 Å². The molecule has 2 aromatic carbocycles. The number of benzene rings is 2. The Morgan fingerprint density at radius 3 is 2.52 bits per heavy atom. The molecule has 1 aromatic heterocycles. The fraction of sp³-hybridized carbons (Fsp3) is 0.167. The van der Waals surface area contributed by atoms with Gasteiger partial charge in [-0.15, -0.1) is 0 Å². The lowest BCUT2D eigenvalue weighted by atomic mass is 9.97. The van der Waals surface area contributed by atoms with E-state index in [0.29, 0.717) is 6.07 Å². The Morgan fingerprint density at radius 2 is 1.79 bits per heavy atom. The summed E-state index contributed by atoms with van der Waals surface area (Å²) in [6, 6.07) is 4.27. The van der Waals surface area contributed by atoms with E-state index in [0.717, 1.165) is 12.3 Å². The maximum atomic E-state index is 14.8. The van der Waals surface area contributed by atoms with E-state index in [4.69, 9.17) is 0 Å². The summed E-state index contributed by atoms with van der Waals surface area (Å²) in [5, 5.41) is 0. The Hall–Kier alpha value is -2.92. The number of carbonyl (C=O) groups excluding carboxylic acids is 1. The summed E-state index contributed by atoms with van der Waals surface area (Å²) in [5.74, 6) is -6.36. The Labute approximate surface area is 163 Å². The van der Waals surface area contributed by atoms with Crippen molar-refractivity contribution in [1.29, 1.82) is 0 Å². The number of nitrogens with zero attached hydrogens (tertiary/aromatic N) is 2. The Morgan fingerprint density at radius 1 is 1.03 bits per heavy atom. The minimum atomic E-state index is -2.83. The van der Waals surface area contributed by atoms with Gasteiger partial charge in [0.15, 0.2) is 17.4 Å². The fourth-order valence-electron chi connectivity index (χ4n) is 2.76. The number of aryl methyl sites for hydroxylation is 1. The van der Waals surface area contributed by atoms with Crippen molar-refractivity contribution in [3.8, 4) is 0 Å². The highest BCUT2D eigenvalue weighted by atomic mass is 32.2. The van der Waals surface area contributed by atoms with Gasteiger partial charge < -0.3 is 0 Å². The molecule has 0 fully saturated rings. The van der Waals surface area contributed by atoms with Crippen molar-refractivity contribution in [2.24, 2.45) is 0 Å². The van der Waals surface area contributed by atoms with Gasteiger partial charge in [-0.1, -0.05) is 0 Å². The predicted molar refractivity (Wildman–Crippen MR) is 95.9 cm³/mol. The maximum absolute atomic E-state index is 14.8. The van der Waals surface area contributed by atoms with E-state index in [1.807, 2.05) is 0 Å². The Kier molecular flexibility index (Phi) is 6.18. The number of rotatable bonds is 7. The normalized spacial score (nSPS) is 11.3. The van der Waals surface area contributed by atoms with Crippen molar-refractivity contribution in [2.45, 2.75) is 12.8 Å². The van der Waals surface area contributed by atoms with Crippen LogP contribution in [0.5, 0.6) is 0 Å². The molecule has 0 aliphatic rings. The minimum absolute atomic E-state index is 0.00825. The molecule has 1 N–H and O–H groups in total. The molecule has 0 saturated carbocycles. The lowest BCUT2D eigenvalue weighted by Gasteiger charge is -2.11. The molecular weight excluding hydrogens is 414 g/mol. The number of halogens is 4. The molecule has 0 aliphatic heterocycles. The molecular formula is C18H13F4N3O3S. The summed E-state index contributed by atoms with van der Waals surface area (Å²) in [6.45, 7) is -0.0324. The average Bonchev–Trinajstić information content (AvgIpc) is 2.68. The molecule has 0 bridgehead atoms. The third-order valence-electron chi connectivity index (χ3n) is 4.10. The van der Waals surface area contributed by atoms with E-state index in [9.17, 15) is 30.8 Å². The van der Waals surface area contributed by atoms with E-state index in [1.165, 1.54) is 12.1 Å². The molecule has 11 heteroatoms. The second kappa shape index (κ2) is 8.62. The van der Waals surface area contributed by atoms with Gasteiger partial charge in [0.05, 0.1) is 22.8 Å². The molecule has 152 valence electrons. The van der Waals surface area contributed by atoms with Gasteiger partial charge in [-0.25, -0.2) is 36.3 Å². The van der Waals surface area contributed by atoms with Gasteiger partial charge in [0.1, 0.15) is 5.82 Å². The number of nitrogens with one attached hydrogen (secondary N) is 1. The van der Waals surface area contributed by atoms with Crippen molar-refractivity contribution in [1.82, 2.24) is 14.7 Å². The summed E-state index contributed by atoms with van der Waals surface area (Å²) in [6.07, 6.45) is 0.845. The number of aromatic nitrogens is 2. The van der Waals surface area contributed by atoms with Crippen LogP contribution in [0.1, 0.15) is 27.9 Å². The number of hydrogen-bond donors (Lipinski definition) is 2. The topological polar surface area (TPSA) is 89.0 Å². The highest BCUT2D eigenvalue weighted by Gasteiger charge is 2.25.